The minimum Gasteiger partial charge on any atom is -0.509 e. The Hall–Kier alpha value is -7.08. The van der Waals surface area contributed by atoms with Crippen molar-refractivity contribution in [3.63, 3.8) is 0 Å². The van der Waals surface area contributed by atoms with Crippen LogP contribution in [0.1, 0.15) is 51.3 Å². The number of ether oxygens (including phenoxy) is 2. The summed E-state index contributed by atoms with van der Waals surface area (Å²) in [5.41, 5.74) is 12.8. The third kappa shape index (κ3) is 6.71. The van der Waals surface area contributed by atoms with Gasteiger partial charge >= 0.3 is 0 Å². The van der Waals surface area contributed by atoms with Gasteiger partial charge in [-0.2, -0.15) is 12.1 Å². The zero-order chi connectivity index (χ0) is 43.3. The number of aromatic nitrogens is 2. The summed E-state index contributed by atoms with van der Waals surface area (Å²) in [6.45, 7) is 13.4. The van der Waals surface area contributed by atoms with Crippen molar-refractivity contribution >= 4 is 50.2 Å². The molecule has 0 radical (unpaired) electrons. The van der Waals surface area contributed by atoms with Crippen molar-refractivity contribution in [3.05, 3.63) is 206 Å². The summed E-state index contributed by atoms with van der Waals surface area (Å²) in [7, 11) is 0. The van der Waals surface area contributed by atoms with Crippen LogP contribution in [0.4, 0.5) is 28.4 Å². The van der Waals surface area contributed by atoms with Crippen molar-refractivity contribution in [1.29, 1.82) is 0 Å². The number of fused-ring (bicyclic) bond motifs is 7. The van der Waals surface area contributed by atoms with Gasteiger partial charge in [0.1, 0.15) is 5.82 Å². The van der Waals surface area contributed by atoms with E-state index >= 15 is 0 Å². The maximum atomic E-state index is 6.68. The van der Waals surface area contributed by atoms with E-state index in [2.05, 4.69) is 188 Å². The number of rotatable bonds is 6. The number of para-hydroxylation sites is 3. The smallest absolute Gasteiger partial charge is 0.153 e. The van der Waals surface area contributed by atoms with E-state index in [4.69, 9.17) is 14.5 Å². The minimum absolute atomic E-state index is 0. The molecule has 3 aliphatic heterocycles. The van der Waals surface area contributed by atoms with Crippen molar-refractivity contribution in [1.82, 2.24) is 9.55 Å². The van der Waals surface area contributed by atoms with Crippen molar-refractivity contribution < 1.29 is 30.5 Å². The van der Waals surface area contributed by atoms with E-state index in [1.165, 1.54) is 27.9 Å². The van der Waals surface area contributed by atoms with Crippen LogP contribution in [0.5, 0.6) is 23.0 Å². The van der Waals surface area contributed by atoms with Gasteiger partial charge in [-0.15, -0.1) is 48.1 Å². The first-order valence-electron chi connectivity index (χ1n) is 21.8. The number of nitrogens with zero attached hydrogens (tertiary/aromatic N) is 5. The summed E-state index contributed by atoms with van der Waals surface area (Å²) in [4.78, 5) is 11.5. The predicted molar refractivity (Wildman–Crippen MR) is 259 cm³/mol. The molecular formula is C57H44N5O2Pt-3. The van der Waals surface area contributed by atoms with Gasteiger partial charge in [-0.1, -0.05) is 113 Å². The molecule has 2 aromatic heterocycles. The standard InChI is InChI=1S/C57H44N5O2.Pt/c1-56(2,3)39-26-27-58-54(31-39)61-48-25-22-38(37-14-7-6-8-15-37)30-45(48)44-24-23-43(35-51(44)61)63-42-17-13-16-40(32-42)59-28-29-60(36-59)41-33-47-55-53(34-41)64-52-21-12-11-20-50(52)62(55)49-19-10-9-18-46(49)57(47,4)5;/h6-31,33-34,36H,1-5H3;/q-3;. The van der Waals surface area contributed by atoms with Gasteiger partial charge in [0, 0.05) is 61.4 Å². The van der Waals surface area contributed by atoms with Crippen molar-refractivity contribution in [3.8, 4) is 39.9 Å². The Balaban J connectivity index is 0.00000469. The molecule has 3 aliphatic rings. The van der Waals surface area contributed by atoms with Gasteiger partial charge in [0.05, 0.1) is 17.1 Å². The van der Waals surface area contributed by atoms with E-state index < -0.39 is 0 Å². The zero-order valence-corrected chi connectivity index (χ0v) is 38.9. The van der Waals surface area contributed by atoms with Crippen molar-refractivity contribution in [2.75, 3.05) is 14.7 Å². The summed E-state index contributed by atoms with van der Waals surface area (Å²) in [6, 6.07) is 60.1. The number of anilines is 5. The molecular weight excluding hydrogens is 982 g/mol. The molecule has 0 amide bonds. The van der Waals surface area contributed by atoms with Crippen LogP contribution in [0.25, 0.3) is 38.8 Å². The molecule has 0 bridgehead atoms. The second-order valence-electron chi connectivity index (χ2n) is 18.3. The molecule has 0 unspecified atom stereocenters. The van der Waals surface area contributed by atoms with Gasteiger partial charge in [0.2, 0.25) is 0 Å². The number of benzene rings is 7. The second-order valence-corrected chi connectivity index (χ2v) is 18.3. The molecule has 0 spiro atoms. The summed E-state index contributed by atoms with van der Waals surface area (Å²) >= 11 is 0. The van der Waals surface area contributed by atoms with Crippen LogP contribution in [0.3, 0.4) is 0 Å². The Labute approximate surface area is 394 Å². The van der Waals surface area contributed by atoms with Crippen LogP contribution >= 0.6 is 0 Å². The van der Waals surface area contributed by atoms with E-state index in [0.717, 1.165) is 67.4 Å². The molecule has 7 nitrogen and oxygen atoms in total. The van der Waals surface area contributed by atoms with Crippen molar-refractivity contribution in [2.24, 2.45) is 0 Å². The van der Waals surface area contributed by atoms with E-state index in [9.17, 15) is 0 Å². The van der Waals surface area contributed by atoms with Gasteiger partial charge in [0.15, 0.2) is 11.5 Å². The van der Waals surface area contributed by atoms with Crippen LogP contribution in [0.2, 0.25) is 0 Å². The van der Waals surface area contributed by atoms with E-state index in [-0.39, 0.29) is 31.9 Å². The first-order chi connectivity index (χ1) is 31.1. The molecule has 0 N–H and O–H groups in total. The maximum absolute atomic E-state index is 6.68. The molecule has 5 heterocycles. The van der Waals surface area contributed by atoms with Gasteiger partial charge in [-0.05, 0) is 93.5 Å². The quantitative estimate of drug-likeness (QED) is 0.155. The van der Waals surface area contributed by atoms with Crippen LogP contribution in [-0.4, -0.2) is 9.55 Å². The summed E-state index contributed by atoms with van der Waals surface area (Å²) < 4.78 is 15.5. The molecule has 0 saturated heterocycles. The zero-order valence-electron chi connectivity index (χ0n) is 36.6. The van der Waals surface area contributed by atoms with Gasteiger partial charge in [-0.25, -0.2) is 4.98 Å². The minimum atomic E-state index is -0.266. The van der Waals surface area contributed by atoms with Crippen LogP contribution in [0, 0.1) is 18.8 Å². The van der Waals surface area contributed by atoms with E-state index in [0.29, 0.717) is 11.5 Å². The summed E-state index contributed by atoms with van der Waals surface area (Å²) in [5, 5.41) is 2.20. The largest absolute Gasteiger partial charge is 0.509 e. The first kappa shape index (κ1) is 40.7. The third-order valence-electron chi connectivity index (χ3n) is 12.9. The normalized spacial score (nSPS) is 14.4. The molecule has 65 heavy (non-hydrogen) atoms. The summed E-state index contributed by atoms with van der Waals surface area (Å²) in [6.07, 6.45) is 6.02. The fourth-order valence-corrected chi connectivity index (χ4v) is 9.54. The summed E-state index contributed by atoms with van der Waals surface area (Å²) in [5.74, 6) is 3.68. The van der Waals surface area contributed by atoms with Gasteiger partial charge in [-0.3, -0.25) is 0 Å². The van der Waals surface area contributed by atoms with E-state index in [1.54, 1.807) is 0 Å². The molecule has 9 aromatic rings. The number of pyridine rings is 1. The van der Waals surface area contributed by atoms with E-state index in [1.807, 2.05) is 54.9 Å². The van der Waals surface area contributed by atoms with Gasteiger partial charge < -0.3 is 28.7 Å². The Morgan fingerprint density at radius 2 is 1.42 bits per heavy atom. The molecule has 12 rings (SSSR count). The third-order valence-corrected chi connectivity index (χ3v) is 12.9. The van der Waals surface area contributed by atoms with Gasteiger partial charge in [0.25, 0.3) is 0 Å². The van der Waals surface area contributed by atoms with Crippen LogP contribution in [0.15, 0.2) is 170 Å². The fourth-order valence-electron chi connectivity index (χ4n) is 9.54. The predicted octanol–water partition coefficient (Wildman–Crippen LogP) is 14.7. The Kier molecular flexibility index (Phi) is 9.56. The molecule has 7 aromatic carbocycles. The Morgan fingerprint density at radius 1 is 0.646 bits per heavy atom. The molecule has 0 atom stereocenters. The molecule has 0 fully saturated rings. The Bertz CT molecular complexity index is 3370. The second kappa shape index (κ2) is 15.3. The SMILES string of the molecule is CC(C)(C)c1ccnc(-n2c3[c-]c(Oc4[c-]c(N5C=CN(c6cc7c8c(c6)C(C)(C)c6ccccc6N8c6ccccc6O7)[CH-]5)ccc4)ccc3c3cc(-c4ccccc4)ccc32)c1.[Pt]. The monoisotopic (exact) mass is 1030 g/mol. The van der Waals surface area contributed by atoms with Crippen LogP contribution in [-0.2, 0) is 31.9 Å². The molecule has 0 saturated carbocycles. The average Bonchev–Trinajstić information content (AvgIpc) is 3.94. The topological polar surface area (TPSA) is 46.0 Å². The number of hydrogen-bond acceptors (Lipinski definition) is 6. The molecule has 8 heteroatoms. The number of hydrogen-bond donors (Lipinski definition) is 0. The Morgan fingerprint density at radius 3 is 2.26 bits per heavy atom. The average molecular weight is 1030 g/mol. The first-order valence-corrected chi connectivity index (χ1v) is 21.8. The molecule has 0 aliphatic carbocycles. The fraction of sp³-hybridized carbons (Fsp3) is 0.123. The van der Waals surface area contributed by atoms with Crippen molar-refractivity contribution in [2.45, 2.75) is 45.4 Å². The molecule has 322 valence electrons. The van der Waals surface area contributed by atoms with Crippen LogP contribution < -0.4 is 24.2 Å². The maximum Gasteiger partial charge on any atom is 0.153 e.